The molecule has 1 aliphatic rings. The maximum absolute atomic E-state index is 9.93. The maximum atomic E-state index is 9.93. The zero-order valence-electron chi connectivity index (χ0n) is 11.9. The van der Waals surface area contributed by atoms with Gasteiger partial charge in [-0.1, -0.05) is 25.0 Å². The van der Waals surface area contributed by atoms with Crippen LogP contribution >= 0.6 is 0 Å². The Morgan fingerprint density at radius 1 is 1.30 bits per heavy atom. The topological polar surface area (TPSA) is 75.7 Å². The molecule has 0 heterocycles. The molecule has 0 spiro atoms. The second-order valence-corrected chi connectivity index (χ2v) is 5.59. The Hall–Kier alpha value is -1.10. The van der Waals surface area contributed by atoms with Crippen LogP contribution in [0.15, 0.2) is 24.3 Å². The molecule has 0 unspecified atom stereocenters. The van der Waals surface area contributed by atoms with Crippen LogP contribution in [0.3, 0.4) is 0 Å². The lowest BCUT2D eigenvalue weighted by Crippen LogP contribution is -2.29. The molecule has 1 aromatic rings. The molecule has 0 aliphatic heterocycles. The SMILES string of the molecule is NCC[C@@H](O)c1cccc(OC[C@@H]2CCCC[C@H]2O)c1. The van der Waals surface area contributed by atoms with Crippen LogP contribution in [0.4, 0.5) is 0 Å². The molecule has 0 amide bonds. The fraction of sp³-hybridized carbons (Fsp3) is 0.625. The highest BCUT2D eigenvalue weighted by molar-refractivity contribution is 5.29. The number of rotatable bonds is 6. The predicted octanol–water partition coefficient (Wildman–Crippen LogP) is 2.00. The lowest BCUT2D eigenvalue weighted by molar-refractivity contribution is 0.0421. The van der Waals surface area contributed by atoms with Crippen molar-refractivity contribution in [1.29, 1.82) is 0 Å². The van der Waals surface area contributed by atoms with Crippen LogP contribution in [0, 0.1) is 5.92 Å². The van der Waals surface area contributed by atoms with E-state index in [1.165, 1.54) is 6.42 Å². The van der Waals surface area contributed by atoms with Crippen LogP contribution in [-0.2, 0) is 0 Å². The molecule has 112 valence electrons. The van der Waals surface area contributed by atoms with Gasteiger partial charge >= 0.3 is 0 Å². The Kier molecular flexibility index (Phi) is 5.83. The highest BCUT2D eigenvalue weighted by Crippen LogP contribution is 2.26. The molecule has 4 heteroatoms. The molecule has 2 rings (SSSR count). The highest BCUT2D eigenvalue weighted by Gasteiger charge is 2.23. The molecule has 4 nitrogen and oxygen atoms in total. The van der Waals surface area contributed by atoms with Crippen molar-refractivity contribution in [3.05, 3.63) is 29.8 Å². The number of hydrogen-bond acceptors (Lipinski definition) is 4. The van der Waals surface area contributed by atoms with E-state index >= 15 is 0 Å². The number of aliphatic hydroxyl groups is 2. The molecule has 20 heavy (non-hydrogen) atoms. The van der Waals surface area contributed by atoms with Crippen LogP contribution in [0.5, 0.6) is 5.75 Å². The van der Waals surface area contributed by atoms with E-state index in [0.717, 1.165) is 30.6 Å². The van der Waals surface area contributed by atoms with Gasteiger partial charge in [0.2, 0.25) is 0 Å². The lowest BCUT2D eigenvalue weighted by atomic mass is 9.87. The molecule has 0 bridgehead atoms. The van der Waals surface area contributed by atoms with Crippen molar-refractivity contribution in [2.24, 2.45) is 11.7 Å². The Labute approximate surface area is 120 Å². The van der Waals surface area contributed by atoms with Gasteiger partial charge in [-0.25, -0.2) is 0 Å². The van der Waals surface area contributed by atoms with Gasteiger partial charge in [0.1, 0.15) is 5.75 Å². The summed E-state index contributed by atoms with van der Waals surface area (Å²) >= 11 is 0. The second kappa shape index (κ2) is 7.62. The van der Waals surface area contributed by atoms with Gasteiger partial charge in [-0.15, -0.1) is 0 Å². The van der Waals surface area contributed by atoms with Gasteiger partial charge in [0.05, 0.1) is 18.8 Å². The first kappa shape index (κ1) is 15.3. The quantitative estimate of drug-likeness (QED) is 0.744. The summed E-state index contributed by atoms with van der Waals surface area (Å²) in [6, 6.07) is 7.49. The van der Waals surface area contributed by atoms with Crippen molar-refractivity contribution in [1.82, 2.24) is 0 Å². The summed E-state index contributed by atoms with van der Waals surface area (Å²) in [5.74, 6) is 0.970. The van der Waals surface area contributed by atoms with E-state index in [1.807, 2.05) is 24.3 Å². The van der Waals surface area contributed by atoms with Gasteiger partial charge in [-0.05, 0) is 43.5 Å². The van der Waals surface area contributed by atoms with Crippen molar-refractivity contribution < 1.29 is 14.9 Å². The first-order chi connectivity index (χ1) is 9.70. The monoisotopic (exact) mass is 279 g/mol. The Balaban J connectivity index is 1.90. The first-order valence-corrected chi connectivity index (χ1v) is 7.49. The molecule has 0 aromatic heterocycles. The van der Waals surface area contributed by atoms with Gasteiger partial charge in [0.25, 0.3) is 0 Å². The van der Waals surface area contributed by atoms with Crippen LogP contribution in [-0.4, -0.2) is 29.5 Å². The smallest absolute Gasteiger partial charge is 0.119 e. The minimum atomic E-state index is -0.538. The molecule has 1 aliphatic carbocycles. The van der Waals surface area contributed by atoms with Crippen LogP contribution < -0.4 is 10.5 Å². The molecular weight excluding hydrogens is 254 g/mol. The zero-order chi connectivity index (χ0) is 14.4. The Morgan fingerprint density at radius 2 is 2.10 bits per heavy atom. The standard InChI is InChI=1S/C16H25NO3/c17-9-8-16(19)12-5-3-6-14(10-12)20-11-13-4-1-2-7-15(13)18/h3,5-6,10,13,15-16,18-19H,1-2,4,7-9,11,17H2/t13-,15+,16+/m0/s1. The van der Waals surface area contributed by atoms with Gasteiger partial charge in [-0.3, -0.25) is 0 Å². The van der Waals surface area contributed by atoms with E-state index < -0.39 is 6.10 Å². The summed E-state index contributed by atoms with van der Waals surface area (Å²) in [4.78, 5) is 0. The van der Waals surface area contributed by atoms with E-state index in [4.69, 9.17) is 10.5 Å². The summed E-state index contributed by atoms with van der Waals surface area (Å²) in [6.45, 7) is 0.998. The minimum absolute atomic E-state index is 0.223. The van der Waals surface area contributed by atoms with Crippen molar-refractivity contribution >= 4 is 0 Å². The largest absolute Gasteiger partial charge is 0.493 e. The lowest BCUT2D eigenvalue weighted by Gasteiger charge is -2.27. The van der Waals surface area contributed by atoms with Crippen LogP contribution in [0.1, 0.15) is 43.8 Å². The van der Waals surface area contributed by atoms with Crippen molar-refractivity contribution in [2.75, 3.05) is 13.2 Å². The molecule has 0 saturated heterocycles. The van der Waals surface area contributed by atoms with Gasteiger partial charge in [-0.2, -0.15) is 0 Å². The third-order valence-corrected chi connectivity index (χ3v) is 4.02. The minimum Gasteiger partial charge on any atom is -0.493 e. The molecule has 4 N–H and O–H groups in total. The fourth-order valence-electron chi connectivity index (χ4n) is 2.72. The van der Waals surface area contributed by atoms with E-state index in [2.05, 4.69) is 0 Å². The number of ether oxygens (including phenoxy) is 1. The number of nitrogens with two attached hydrogens (primary N) is 1. The van der Waals surface area contributed by atoms with Crippen LogP contribution in [0.25, 0.3) is 0 Å². The van der Waals surface area contributed by atoms with Gasteiger partial charge in [0, 0.05) is 5.92 Å². The van der Waals surface area contributed by atoms with Crippen molar-refractivity contribution in [3.63, 3.8) is 0 Å². The van der Waals surface area contributed by atoms with Gasteiger partial charge in [0.15, 0.2) is 0 Å². The molecule has 1 aromatic carbocycles. The second-order valence-electron chi connectivity index (χ2n) is 5.59. The van der Waals surface area contributed by atoms with E-state index in [0.29, 0.717) is 19.6 Å². The van der Waals surface area contributed by atoms with Crippen LogP contribution in [0.2, 0.25) is 0 Å². The normalized spacial score (nSPS) is 24.4. The molecule has 0 radical (unpaired) electrons. The van der Waals surface area contributed by atoms with E-state index in [1.54, 1.807) is 0 Å². The van der Waals surface area contributed by atoms with Gasteiger partial charge < -0.3 is 20.7 Å². The average Bonchev–Trinajstić information content (AvgIpc) is 2.47. The fourth-order valence-corrected chi connectivity index (χ4v) is 2.72. The third-order valence-electron chi connectivity index (χ3n) is 4.02. The Bertz CT molecular complexity index is 410. The summed E-state index contributed by atoms with van der Waals surface area (Å²) in [6.07, 6.45) is 3.95. The van der Waals surface area contributed by atoms with Crippen molar-refractivity contribution in [2.45, 2.75) is 44.3 Å². The molecule has 1 fully saturated rings. The van der Waals surface area contributed by atoms with E-state index in [9.17, 15) is 10.2 Å². The number of aliphatic hydroxyl groups excluding tert-OH is 2. The molecule has 1 saturated carbocycles. The summed E-state index contributed by atoms with van der Waals surface area (Å²) in [7, 11) is 0. The maximum Gasteiger partial charge on any atom is 0.119 e. The summed E-state index contributed by atoms with van der Waals surface area (Å²) in [5.41, 5.74) is 6.29. The number of benzene rings is 1. The summed E-state index contributed by atoms with van der Waals surface area (Å²) in [5, 5.41) is 19.9. The molecular formula is C16H25NO3. The summed E-state index contributed by atoms with van der Waals surface area (Å²) < 4.78 is 5.78. The zero-order valence-corrected chi connectivity index (χ0v) is 11.9. The first-order valence-electron chi connectivity index (χ1n) is 7.49. The molecule has 3 atom stereocenters. The number of hydrogen-bond donors (Lipinski definition) is 3. The van der Waals surface area contributed by atoms with E-state index in [-0.39, 0.29) is 12.0 Å². The predicted molar refractivity (Wildman–Crippen MR) is 78.5 cm³/mol. The Morgan fingerprint density at radius 3 is 2.85 bits per heavy atom. The average molecular weight is 279 g/mol. The highest BCUT2D eigenvalue weighted by atomic mass is 16.5. The third kappa shape index (κ3) is 4.20. The van der Waals surface area contributed by atoms with Crippen molar-refractivity contribution in [3.8, 4) is 5.75 Å².